The van der Waals surface area contributed by atoms with E-state index < -0.39 is 0 Å². The summed E-state index contributed by atoms with van der Waals surface area (Å²) < 4.78 is 0. The summed E-state index contributed by atoms with van der Waals surface area (Å²) in [5, 5.41) is 3.39. The molecule has 2 heterocycles. The summed E-state index contributed by atoms with van der Waals surface area (Å²) in [5.41, 5.74) is -0.0683. The molecule has 2 aliphatic heterocycles. The van der Waals surface area contributed by atoms with Crippen molar-refractivity contribution in [3.63, 3.8) is 0 Å². The number of rotatable bonds is 4. The van der Waals surface area contributed by atoms with Gasteiger partial charge in [0.25, 0.3) is 0 Å². The molecule has 0 radical (unpaired) electrons. The van der Waals surface area contributed by atoms with E-state index in [0.29, 0.717) is 11.9 Å². The quantitative estimate of drug-likeness (QED) is 0.834. The lowest BCUT2D eigenvalue weighted by Crippen LogP contribution is -2.49. The molecule has 2 fully saturated rings. The van der Waals surface area contributed by atoms with Gasteiger partial charge in [-0.3, -0.25) is 4.79 Å². The fourth-order valence-corrected chi connectivity index (χ4v) is 3.64. The summed E-state index contributed by atoms with van der Waals surface area (Å²) in [4.78, 5) is 17.3. The Morgan fingerprint density at radius 3 is 2.58 bits per heavy atom. The van der Waals surface area contributed by atoms with E-state index in [9.17, 15) is 4.79 Å². The maximum atomic E-state index is 13.0. The van der Waals surface area contributed by atoms with Crippen molar-refractivity contribution in [1.82, 2.24) is 15.1 Å². The van der Waals surface area contributed by atoms with Crippen molar-refractivity contribution in [2.24, 2.45) is 5.41 Å². The van der Waals surface area contributed by atoms with E-state index in [1.165, 1.54) is 0 Å². The van der Waals surface area contributed by atoms with E-state index in [4.69, 9.17) is 0 Å². The first-order valence-electron chi connectivity index (χ1n) is 7.75. The fraction of sp³-hybridized carbons (Fsp3) is 0.933. The third kappa shape index (κ3) is 3.11. The molecule has 0 spiro atoms. The summed E-state index contributed by atoms with van der Waals surface area (Å²) in [6.07, 6.45) is 5.32. The summed E-state index contributed by atoms with van der Waals surface area (Å²) in [6, 6.07) is 0.546. The molecular weight excluding hydrogens is 238 g/mol. The number of nitrogens with zero attached hydrogens (tertiary/aromatic N) is 2. The van der Waals surface area contributed by atoms with Gasteiger partial charge in [-0.1, -0.05) is 13.3 Å². The Morgan fingerprint density at radius 1 is 1.37 bits per heavy atom. The monoisotopic (exact) mass is 267 g/mol. The topological polar surface area (TPSA) is 35.6 Å². The van der Waals surface area contributed by atoms with E-state index in [1.54, 1.807) is 0 Å². The van der Waals surface area contributed by atoms with Crippen LogP contribution in [-0.4, -0.2) is 62.0 Å². The standard InChI is InChI=1S/C15H29N3O/c1-4-6-15(7-9-16-10-8-15)14(19)18-11-5-13(12-18)17(2)3/h13,16H,4-12H2,1-3H3. The highest BCUT2D eigenvalue weighted by molar-refractivity contribution is 5.83. The highest BCUT2D eigenvalue weighted by atomic mass is 16.2. The molecule has 1 unspecified atom stereocenters. The van der Waals surface area contributed by atoms with Crippen LogP contribution < -0.4 is 5.32 Å². The number of likely N-dealkylation sites (N-methyl/N-ethyl adjacent to an activating group) is 1. The van der Waals surface area contributed by atoms with Crippen molar-refractivity contribution >= 4 is 5.91 Å². The normalized spacial score (nSPS) is 26.9. The van der Waals surface area contributed by atoms with Gasteiger partial charge in [0.1, 0.15) is 0 Å². The average Bonchev–Trinajstić information content (AvgIpc) is 2.89. The van der Waals surface area contributed by atoms with Crippen LogP contribution in [-0.2, 0) is 4.79 Å². The number of piperidine rings is 1. The van der Waals surface area contributed by atoms with E-state index in [-0.39, 0.29) is 5.41 Å². The first kappa shape index (κ1) is 14.8. The predicted molar refractivity (Wildman–Crippen MR) is 78.1 cm³/mol. The van der Waals surface area contributed by atoms with Crippen LogP contribution in [0.2, 0.25) is 0 Å². The van der Waals surface area contributed by atoms with Gasteiger partial charge in [-0.15, -0.1) is 0 Å². The molecule has 2 rings (SSSR count). The molecule has 2 saturated heterocycles. The lowest BCUT2D eigenvalue weighted by molar-refractivity contribution is -0.143. The maximum Gasteiger partial charge on any atom is 0.228 e. The number of hydrogen-bond acceptors (Lipinski definition) is 3. The first-order valence-corrected chi connectivity index (χ1v) is 7.75. The lowest BCUT2D eigenvalue weighted by Gasteiger charge is -2.39. The molecule has 0 aromatic heterocycles. The molecule has 1 amide bonds. The zero-order chi connectivity index (χ0) is 13.9. The molecule has 0 saturated carbocycles. The zero-order valence-corrected chi connectivity index (χ0v) is 12.7. The molecule has 4 nitrogen and oxygen atoms in total. The Labute approximate surface area is 117 Å². The third-order valence-corrected chi connectivity index (χ3v) is 4.92. The van der Waals surface area contributed by atoms with Gasteiger partial charge in [-0.25, -0.2) is 0 Å². The Hall–Kier alpha value is -0.610. The van der Waals surface area contributed by atoms with Gasteiger partial charge >= 0.3 is 0 Å². The second kappa shape index (κ2) is 6.23. The molecular formula is C15H29N3O. The van der Waals surface area contributed by atoms with Crippen LogP contribution in [0.4, 0.5) is 0 Å². The number of amides is 1. The second-order valence-electron chi connectivity index (χ2n) is 6.44. The summed E-state index contributed by atoms with van der Waals surface area (Å²) in [5.74, 6) is 0.431. The largest absolute Gasteiger partial charge is 0.341 e. The summed E-state index contributed by atoms with van der Waals surface area (Å²) in [6.45, 7) is 6.06. The van der Waals surface area contributed by atoms with Crippen molar-refractivity contribution in [2.75, 3.05) is 40.3 Å². The molecule has 0 aliphatic carbocycles. The van der Waals surface area contributed by atoms with Gasteiger partial charge < -0.3 is 15.1 Å². The Morgan fingerprint density at radius 2 is 2.05 bits per heavy atom. The number of carbonyl (C=O) groups excluding carboxylic acids is 1. The van der Waals surface area contributed by atoms with Crippen molar-refractivity contribution in [3.05, 3.63) is 0 Å². The Kier molecular flexibility index (Phi) is 4.85. The molecule has 0 bridgehead atoms. The number of nitrogens with one attached hydrogen (secondary N) is 1. The molecule has 2 aliphatic rings. The van der Waals surface area contributed by atoms with Crippen molar-refractivity contribution in [1.29, 1.82) is 0 Å². The van der Waals surface area contributed by atoms with Crippen LogP contribution in [0, 0.1) is 5.41 Å². The van der Waals surface area contributed by atoms with Crippen LogP contribution in [0.3, 0.4) is 0 Å². The highest BCUT2D eigenvalue weighted by Gasteiger charge is 2.43. The van der Waals surface area contributed by atoms with Gasteiger partial charge in [-0.2, -0.15) is 0 Å². The van der Waals surface area contributed by atoms with E-state index in [0.717, 1.165) is 58.3 Å². The van der Waals surface area contributed by atoms with Crippen LogP contribution >= 0.6 is 0 Å². The van der Waals surface area contributed by atoms with Crippen LogP contribution in [0.5, 0.6) is 0 Å². The van der Waals surface area contributed by atoms with Crippen LogP contribution in [0.25, 0.3) is 0 Å². The fourth-order valence-electron chi connectivity index (χ4n) is 3.64. The minimum absolute atomic E-state index is 0.0683. The van der Waals surface area contributed by atoms with E-state index in [2.05, 4.69) is 36.1 Å². The first-order chi connectivity index (χ1) is 9.09. The summed E-state index contributed by atoms with van der Waals surface area (Å²) in [7, 11) is 4.23. The van der Waals surface area contributed by atoms with Gasteiger partial charge in [0, 0.05) is 19.1 Å². The smallest absolute Gasteiger partial charge is 0.228 e. The maximum absolute atomic E-state index is 13.0. The number of hydrogen-bond donors (Lipinski definition) is 1. The highest BCUT2D eigenvalue weighted by Crippen LogP contribution is 2.37. The minimum atomic E-state index is -0.0683. The molecule has 110 valence electrons. The molecule has 1 N–H and O–H groups in total. The van der Waals surface area contributed by atoms with E-state index in [1.807, 2.05) is 0 Å². The molecule has 1 atom stereocenters. The summed E-state index contributed by atoms with van der Waals surface area (Å²) >= 11 is 0. The molecule has 0 aromatic carbocycles. The number of likely N-dealkylation sites (tertiary alicyclic amines) is 1. The Balaban J connectivity index is 2.04. The Bertz CT molecular complexity index is 305. The van der Waals surface area contributed by atoms with Crippen molar-refractivity contribution in [3.8, 4) is 0 Å². The van der Waals surface area contributed by atoms with Gasteiger partial charge in [-0.05, 0) is 52.9 Å². The molecule has 4 heteroatoms. The van der Waals surface area contributed by atoms with Gasteiger partial charge in [0.15, 0.2) is 0 Å². The predicted octanol–water partition coefficient (Wildman–Crippen LogP) is 1.32. The molecule has 0 aromatic rings. The number of carbonyl (C=O) groups is 1. The third-order valence-electron chi connectivity index (χ3n) is 4.92. The second-order valence-corrected chi connectivity index (χ2v) is 6.44. The zero-order valence-electron chi connectivity index (χ0n) is 12.7. The average molecular weight is 267 g/mol. The lowest BCUT2D eigenvalue weighted by atomic mass is 9.74. The van der Waals surface area contributed by atoms with Crippen molar-refractivity contribution in [2.45, 2.75) is 45.1 Å². The van der Waals surface area contributed by atoms with Crippen molar-refractivity contribution < 1.29 is 4.79 Å². The van der Waals surface area contributed by atoms with Crippen LogP contribution in [0.15, 0.2) is 0 Å². The SMILES string of the molecule is CCCC1(C(=O)N2CCC(N(C)C)C2)CCNCC1. The van der Waals surface area contributed by atoms with E-state index >= 15 is 0 Å². The van der Waals surface area contributed by atoms with Crippen LogP contribution in [0.1, 0.15) is 39.0 Å². The molecule has 19 heavy (non-hydrogen) atoms. The van der Waals surface area contributed by atoms with Gasteiger partial charge in [0.05, 0.1) is 5.41 Å². The van der Waals surface area contributed by atoms with Gasteiger partial charge in [0.2, 0.25) is 5.91 Å². The minimum Gasteiger partial charge on any atom is -0.341 e.